The number of carbonyl (C=O) groups excluding carboxylic acids is 1. The van der Waals surface area contributed by atoms with Crippen molar-refractivity contribution in [2.24, 2.45) is 5.73 Å². The van der Waals surface area contributed by atoms with E-state index >= 15 is 0 Å². The van der Waals surface area contributed by atoms with Gasteiger partial charge in [0.05, 0.1) is 24.1 Å². The number of halogens is 1. The quantitative estimate of drug-likeness (QED) is 0.694. The second-order valence-corrected chi connectivity index (χ2v) is 4.85. The number of primary amides is 1. The summed E-state index contributed by atoms with van der Waals surface area (Å²) >= 11 is 3.34. The molecule has 0 aliphatic heterocycles. The molecule has 0 aromatic heterocycles. The average Bonchev–Trinajstić information content (AvgIpc) is 2.39. The number of carbonyl (C=O) groups is 2. The SMILES string of the molecule is CCOc1cc(C=CC(=O)O)cc(Br)c1OCCC(N)=O. The smallest absolute Gasteiger partial charge is 0.328 e. The van der Waals surface area contributed by atoms with Gasteiger partial charge in [-0.15, -0.1) is 0 Å². The largest absolute Gasteiger partial charge is 0.490 e. The summed E-state index contributed by atoms with van der Waals surface area (Å²) in [6, 6.07) is 3.36. The zero-order valence-corrected chi connectivity index (χ0v) is 13.1. The first-order chi connectivity index (χ1) is 9.93. The van der Waals surface area contributed by atoms with Gasteiger partial charge in [0.25, 0.3) is 0 Å². The summed E-state index contributed by atoms with van der Waals surface area (Å²) in [5.74, 6) is -0.581. The summed E-state index contributed by atoms with van der Waals surface area (Å²) in [4.78, 5) is 21.3. The van der Waals surface area contributed by atoms with Crippen molar-refractivity contribution >= 4 is 33.9 Å². The van der Waals surface area contributed by atoms with Gasteiger partial charge in [-0.1, -0.05) is 0 Å². The molecule has 1 aromatic rings. The van der Waals surface area contributed by atoms with Crippen LogP contribution in [0.25, 0.3) is 6.08 Å². The van der Waals surface area contributed by atoms with Gasteiger partial charge in [0.2, 0.25) is 5.91 Å². The maximum atomic E-state index is 10.7. The van der Waals surface area contributed by atoms with Crippen molar-refractivity contribution in [3.8, 4) is 11.5 Å². The van der Waals surface area contributed by atoms with E-state index in [9.17, 15) is 9.59 Å². The summed E-state index contributed by atoms with van der Waals surface area (Å²) in [7, 11) is 0. The number of hydrogen-bond acceptors (Lipinski definition) is 4. The van der Waals surface area contributed by atoms with E-state index in [0.29, 0.717) is 28.1 Å². The van der Waals surface area contributed by atoms with E-state index < -0.39 is 11.9 Å². The molecule has 6 nitrogen and oxygen atoms in total. The molecule has 0 unspecified atom stereocenters. The summed E-state index contributed by atoms with van der Waals surface area (Å²) in [6.45, 7) is 2.38. The van der Waals surface area contributed by atoms with Crippen LogP contribution in [0.2, 0.25) is 0 Å². The van der Waals surface area contributed by atoms with E-state index in [1.165, 1.54) is 6.08 Å². The van der Waals surface area contributed by atoms with E-state index in [4.69, 9.17) is 20.3 Å². The van der Waals surface area contributed by atoms with Gasteiger partial charge in [-0.3, -0.25) is 4.79 Å². The first-order valence-corrected chi connectivity index (χ1v) is 7.01. The summed E-state index contributed by atoms with van der Waals surface area (Å²) < 4.78 is 11.6. The maximum absolute atomic E-state index is 10.7. The lowest BCUT2D eigenvalue weighted by Gasteiger charge is -2.14. The van der Waals surface area contributed by atoms with Crippen molar-refractivity contribution < 1.29 is 24.2 Å². The monoisotopic (exact) mass is 357 g/mol. The minimum Gasteiger partial charge on any atom is -0.490 e. The molecule has 114 valence electrons. The lowest BCUT2D eigenvalue weighted by Crippen LogP contribution is -2.15. The van der Waals surface area contributed by atoms with Crippen LogP contribution in [-0.2, 0) is 9.59 Å². The molecule has 1 rings (SSSR count). The van der Waals surface area contributed by atoms with Crippen molar-refractivity contribution in [1.29, 1.82) is 0 Å². The predicted octanol–water partition coefficient (Wildman–Crippen LogP) is 2.20. The Morgan fingerprint density at radius 3 is 2.67 bits per heavy atom. The summed E-state index contributed by atoms with van der Waals surface area (Å²) in [5, 5.41) is 8.64. The summed E-state index contributed by atoms with van der Waals surface area (Å²) in [6.07, 6.45) is 2.58. The third kappa shape index (κ3) is 5.86. The number of carboxylic acid groups (broad SMARTS) is 1. The normalized spacial score (nSPS) is 10.6. The Hall–Kier alpha value is -2.02. The van der Waals surface area contributed by atoms with Crippen LogP contribution in [0, 0.1) is 0 Å². The topological polar surface area (TPSA) is 98.8 Å². The van der Waals surface area contributed by atoms with Crippen molar-refractivity contribution in [3.05, 3.63) is 28.2 Å². The Balaban J connectivity index is 3.00. The molecule has 0 aliphatic rings. The molecule has 1 aromatic carbocycles. The molecule has 0 bridgehead atoms. The molecule has 0 heterocycles. The number of rotatable bonds is 8. The van der Waals surface area contributed by atoms with E-state index in [-0.39, 0.29) is 13.0 Å². The van der Waals surface area contributed by atoms with Gasteiger partial charge in [0.1, 0.15) is 0 Å². The molecule has 0 aliphatic carbocycles. The molecule has 0 saturated heterocycles. The molecule has 1 amide bonds. The Bertz CT molecular complexity index is 557. The molecule has 7 heteroatoms. The van der Waals surface area contributed by atoms with Crippen LogP contribution in [0.5, 0.6) is 11.5 Å². The molecule has 0 radical (unpaired) electrons. The fraction of sp³-hybridized carbons (Fsp3) is 0.286. The van der Waals surface area contributed by atoms with Gasteiger partial charge in [0.15, 0.2) is 11.5 Å². The molecular weight excluding hydrogens is 342 g/mol. The first kappa shape index (κ1) is 17.0. The van der Waals surface area contributed by atoms with Crippen LogP contribution in [0.1, 0.15) is 18.9 Å². The number of carboxylic acids is 1. The highest BCUT2D eigenvalue weighted by Crippen LogP contribution is 2.37. The molecule has 21 heavy (non-hydrogen) atoms. The van der Waals surface area contributed by atoms with E-state index in [1.807, 2.05) is 6.92 Å². The highest BCUT2D eigenvalue weighted by atomic mass is 79.9. The van der Waals surface area contributed by atoms with E-state index in [2.05, 4.69) is 15.9 Å². The van der Waals surface area contributed by atoms with Gasteiger partial charge >= 0.3 is 5.97 Å². The molecular formula is C14H16BrNO5. The fourth-order valence-corrected chi connectivity index (χ4v) is 2.08. The van der Waals surface area contributed by atoms with Crippen LogP contribution in [0.15, 0.2) is 22.7 Å². The molecule has 3 N–H and O–H groups in total. The van der Waals surface area contributed by atoms with Crippen LogP contribution in [0.3, 0.4) is 0 Å². The fourth-order valence-electron chi connectivity index (χ4n) is 1.51. The Labute approximate surface area is 130 Å². The Morgan fingerprint density at radius 2 is 2.10 bits per heavy atom. The molecule has 0 saturated carbocycles. The van der Waals surface area contributed by atoms with Gasteiger partial charge in [-0.25, -0.2) is 4.79 Å². The number of hydrogen-bond donors (Lipinski definition) is 2. The third-order valence-electron chi connectivity index (χ3n) is 2.34. The predicted molar refractivity (Wildman–Crippen MR) is 81.3 cm³/mol. The minimum absolute atomic E-state index is 0.0959. The second-order valence-electron chi connectivity index (χ2n) is 4.00. The highest BCUT2D eigenvalue weighted by Gasteiger charge is 2.12. The maximum Gasteiger partial charge on any atom is 0.328 e. The van der Waals surface area contributed by atoms with Gasteiger partial charge in [-0.2, -0.15) is 0 Å². The number of benzene rings is 1. The average molecular weight is 358 g/mol. The number of amides is 1. The first-order valence-electron chi connectivity index (χ1n) is 6.22. The zero-order valence-electron chi connectivity index (χ0n) is 11.5. The third-order valence-corrected chi connectivity index (χ3v) is 2.93. The zero-order chi connectivity index (χ0) is 15.8. The van der Waals surface area contributed by atoms with E-state index in [0.717, 1.165) is 6.08 Å². The molecule has 0 atom stereocenters. The summed E-state index contributed by atoms with van der Waals surface area (Å²) in [5.41, 5.74) is 5.70. The van der Waals surface area contributed by atoms with Gasteiger partial charge in [0, 0.05) is 6.08 Å². The second kappa shape index (κ2) is 8.31. The van der Waals surface area contributed by atoms with Crippen molar-refractivity contribution in [1.82, 2.24) is 0 Å². The van der Waals surface area contributed by atoms with Gasteiger partial charge in [-0.05, 0) is 46.6 Å². The lowest BCUT2D eigenvalue weighted by atomic mass is 10.2. The van der Waals surface area contributed by atoms with Crippen LogP contribution < -0.4 is 15.2 Å². The Kier molecular flexibility index (Phi) is 6.74. The Morgan fingerprint density at radius 1 is 1.38 bits per heavy atom. The number of ether oxygens (including phenoxy) is 2. The lowest BCUT2D eigenvalue weighted by molar-refractivity contribution is -0.131. The molecule has 0 fully saturated rings. The molecule has 0 spiro atoms. The highest BCUT2D eigenvalue weighted by molar-refractivity contribution is 9.10. The minimum atomic E-state index is -1.04. The standard InChI is InChI=1S/C14H16BrNO5/c1-2-20-11-8-9(3-4-13(18)19)7-10(15)14(11)21-6-5-12(16)17/h3-4,7-8H,2,5-6H2,1H3,(H2,16,17)(H,18,19). The van der Waals surface area contributed by atoms with Crippen LogP contribution in [-0.4, -0.2) is 30.2 Å². The number of nitrogens with two attached hydrogens (primary N) is 1. The van der Waals surface area contributed by atoms with Crippen molar-refractivity contribution in [2.75, 3.05) is 13.2 Å². The van der Waals surface area contributed by atoms with Crippen molar-refractivity contribution in [2.45, 2.75) is 13.3 Å². The van der Waals surface area contributed by atoms with Crippen LogP contribution >= 0.6 is 15.9 Å². The van der Waals surface area contributed by atoms with Gasteiger partial charge < -0.3 is 20.3 Å². The number of aliphatic carboxylic acids is 1. The van der Waals surface area contributed by atoms with Crippen LogP contribution in [0.4, 0.5) is 0 Å². The van der Waals surface area contributed by atoms with E-state index in [1.54, 1.807) is 12.1 Å². The van der Waals surface area contributed by atoms with Crippen molar-refractivity contribution in [3.63, 3.8) is 0 Å².